The maximum Gasteiger partial charge on any atom is 0.416 e. The molecule has 0 fully saturated rings. The van der Waals surface area contributed by atoms with E-state index in [1.54, 1.807) is 11.8 Å². The molecule has 2 aromatic rings. The van der Waals surface area contributed by atoms with Gasteiger partial charge in [0.05, 0.1) is 11.4 Å². The minimum atomic E-state index is -0.987. The van der Waals surface area contributed by atoms with Gasteiger partial charge in [-0.2, -0.15) is 0 Å². The van der Waals surface area contributed by atoms with Gasteiger partial charge >= 0.3 is 6.09 Å². The zero-order chi connectivity index (χ0) is 14.3. The van der Waals surface area contributed by atoms with E-state index in [0.717, 1.165) is 21.8 Å². The van der Waals surface area contributed by atoms with Crippen LogP contribution in [-0.4, -0.2) is 11.2 Å². The number of hydrogen-bond acceptors (Lipinski definition) is 3. The Morgan fingerprint density at radius 3 is 2.75 bits per heavy atom. The molecule has 20 heavy (non-hydrogen) atoms. The lowest BCUT2D eigenvalue weighted by atomic mass is 10.1. The lowest BCUT2D eigenvalue weighted by molar-refractivity contribution is 0.204. The van der Waals surface area contributed by atoms with Gasteiger partial charge in [-0.3, -0.25) is 0 Å². The standard InChI is InChI=1S/C15H13NO2S2/c1-2-9-7-11(19)14-13(8-9)20-12-6-4-3-5-10(12)16(14)15(17)18/h3-8,19H,2H2,1H3,(H,17,18). The second-order valence-corrected chi connectivity index (χ2v) is 6.07. The molecule has 0 saturated heterocycles. The van der Waals surface area contributed by atoms with Crippen molar-refractivity contribution in [3.8, 4) is 0 Å². The second kappa shape index (κ2) is 5.07. The Labute approximate surface area is 127 Å². The van der Waals surface area contributed by atoms with E-state index >= 15 is 0 Å². The van der Waals surface area contributed by atoms with E-state index in [1.807, 2.05) is 36.4 Å². The monoisotopic (exact) mass is 303 g/mol. The molecule has 2 aromatic carbocycles. The first-order valence-corrected chi connectivity index (χ1v) is 7.54. The van der Waals surface area contributed by atoms with Gasteiger partial charge in [-0.15, -0.1) is 12.6 Å². The normalized spacial score (nSPS) is 12.8. The minimum Gasteiger partial charge on any atom is -0.464 e. The number of hydrogen-bond donors (Lipinski definition) is 2. The highest BCUT2D eigenvalue weighted by atomic mass is 32.2. The molecular weight excluding hydrogens is 290 g/mol. The summed E-state index contributed by atoms with van der Waals surface area (Å²) in [5, 5.41) is 9.57. The number of para-hydroxylation sites is 1. The van der Waals surface area contributed by atoms with Crippen molar-refractivity contribution in [2.24, 2.45) is 0 Å². The van der Waals surface area contributed by atoms with Crippen molar-refractivity contribution < 1.29 is 9.90 Å². The van der Waals surface area contributed by atoms with Crippen LogP contribution in [0.15, 0.2) is 51.1 Å². The fraction of sp³-hybridized carbons (Fsp3) is 0.133. The molecule has 0 spiro atoms. The van der Waals surface area contributed by atoms with Crippen LogP contribution in [0.1, 0.15) is 12.5 Å². The van der Waals surface area contributed by atoms with Crippen LogP contribution in [0.3, 0.4) is 0 Å². The maximum absolute atomic E-state index is 11.7. The van der Waals surface area contributed by atoms with Crippen molar-refractivity contribution in [2.45, 2.75) is 28.0 Å². The predicted molar refractivity (Wildman–Crippen MR) is 83.8 cm³/mol. The van der Waals surface area contributed by atoms with Crippen LogP contribution in [0.2, 0.25) is 0 Å². The van der Waals surface area contributed by atoms with E-state index in [0.29, 0.717) is 16.3 Å². The molecule has 1 heterocycles. The van der Waals surface area contributed by atoms with Gasteiger partial charge in [0.25, 0.3) is 0 Å². The van der Waals surface area contributed by atoms with Gasteiger partial charge in [0.2, 0.25) is 0 Å². The summed E-state index contributed by atoms with van der Waals surface area (Å²) in [5.74, 6) is 0. The average Bonchev–Trinajstić information content (AvgIpc) is 2.44. The van der Waals surface area contributed by atoms with Gasteiger partial charge in [-0.05, 0) is 36.2 Å². The third-order valence-electron chi connectivity index (χ3n) is 3.26. The van der Waals surface area contributed by atoms with Crippen LogP contribution < -0.4 is 4.90 Å². The topological polar surface area (TPSA) is 40.5 Å². The maximum atomic E-state index is 11.7. The SMILES string of the molecule is CCc1cc(S)c2c(c1)Sc1ccccc1N2C(=O)O. The first-order chi connectivity index (χ1) is 9.61. The molecule has 0 bridgehead atoms. The van der Waals surface area contributed by atoms with Crippen LogP contribution in [0, 0.1) is 0 Å². The molecule has 5 heteroatoms. The Morgan fingerprint density at radius 2 is 2.05 bits per heavy atom. The van der Waals surface area contributed by atoms with Crippen LogP contribution in [-0.2, 0) is 6.42 Å². The summed E-state index contributed by atoms with van der Waals surface area (Å²) >= 11 is 6.08. The first-order valence-electron chi connectivity index (χ1n) is 6.27. The second-order valence-electron chi connectivity index (χ2n) is 4.50. The van der Waals surface area contributed by atoms with Crippen molar-refractivity contribution in [1.29, 1.82) is 0 Å². The van der Waals surface area contributed by atoms with Gasteiger partial charge in [0.1, 0.15) is 0 Å². The van der Waals surface area contributed by atoms with E-state index in [4.69, 9.17) is 0 Å². The summed E-state index contributed by atoms with van der Waals surface area (Å²) in [6.45, 7) is 2.07. The van der Waals surface area contributed by atoms with E-state index in [2.05, 4.69) is 19.6 Å². The molecular formula is C15H13NO2S2. The van der Waals surface area contributed by atoms with Crippen LogP contribution in [0.4, 0.5) is 16.2 Å². The van der Waals surface area contributed by atoms with Crippen molar-refractivity contribution in [2.75, 3.05) is 4.90 Å². The van der Waals surface area contributed by atoms with Gasteiger partial charge in [-0.25, -0.2) is 9.69 Å². The number of anilines is 2. The molecule has 0 aromatic heterocycles. The third kappa shape index (κ3) is 2.07. The summed E-state index contributed by atoms with van der Waals surface area (Å²) in [6.07, 6.45) is -0.0885. The summed E-state index contributed by atoms with van der Waals surface area (Å²) in [5.41, 5.74) is 2.50. The van der Waals surface area contributed by atoms with Crippen molar-refractivity contribution in [1.82, 2.24) is 0 Å². The predicted octanol–water partition coefficient (Wildman–Crippen LogP) is 4.82. The molecule has 102 valence electrons. The van der Waals surface area contributed by atoms with Gasteiger partial charge in [-0.1, -0.05) is 30.8 Å². The third-order valence-corrected chi connectivity index (χ3v) is 4.70. The zero-order valence-corrected chi connectivity index (χ0v) is 12.5. The summed E-state index contributed by atoms with van der Waals surface area (Å²) in [7, 11) is 0. The highest BCUT2D eigenvalue weighted by Crippen LogP contribution is 2.50. The van der Waals surface area contributed by atoms with Crippen LogP contribution in [0.5, 0.6) is 0 Å². The molecule has 3 rings (SSSR count). The lowest BCUT2D eigenvalue weighted by Crippen LogP contribution is -2.27. The fourth-order valence-electron chi connectivity index (χ4n) is 2.32. The molecule has 1 N–H and O–H groups in total. The van der Waals surface area contributed by atoms with Gasteiger partial charge in [0, 0.05) is 14.7 Å². The molecule has 1 aliphatic rings. The van der Waals surface area contributed by atoms with Crippen molar-refractivity contribution in [3.05, 3.63) is 42.0 Å². The Hall–Kier alpha value is -1.59. The zero-order valence-electron chi connectivity index (χ0n) is 10.8. The number of rotatable bonds is 1. The Balaban J connectivity index is 2.25. The fourth-order valence-corrected chi connectivity index (χ4v) is 3.94. The highest BCUT2D eigenvalue weighted by Gasteiger charge is 2.29. The molecule has 0 radical (unpaired) electrons. The van der Waals surface area contributed by atoms with Crippen molar-refractivity contribution >= 4 is 41.9 Å². The minimum absolute atomic E-state index is 0.654. The smallest absolute Gasteiger partial charge is 0.416 e. The number of nitrogens with zero attached hydrogens (tertiary/aromatic N) is 1. The largest absolute Gasteiger partial charge is 0.464 e. The molecule has 1 amide bonds. The molecule has 3 nitrogen and oxygen atoms in total. The molecule has 0 saturated carbocycles. The van der Waals surface area contributed by atoms with Gasteiger partial charge < -0.3 is 5.11 Å². The van der Waals surface area contributed by atoms with Crippen LogP contribution in [0.25, 0.3) is 0 Å². The van der Waals surface area contributed by atoms with E-state index in [1.165, 1.54) is 4.90 Å². The summed E-state index contributed by atoms with van der Waals surface area (Å²) in [6, 6.07) is 11.5. The molecule has 0 unspecified atom stereocenters. The van der Waals surface area contributed by atoms with Gasteiger partial charge in [0.15, 0.2) is 0 Å². The Kier molecular flexibility index (Phi) is 3.40. The quantitative estimate of drug-likeness (QED) is 0.742. The van der Waals surface area contributed by atoms with E-state index in [-0.39, 0.29) is 0 Å². The van der Waals surface area contributed by atoms with E-state index in [9.17, 15) is 9.90 Å². The van der Waals surface area contributed by atoms with Crippen LogP contribution >= 0.6 is 24.4 Å². The summed E-state index contributed by atoms with van der Waals surface area (Å²) < 4.78 is 0. The number of carboxylic acid groups (broad SMARTS) is 1. The van der Waals surface area contributed by atoms with E-state index < -0.39 is 6.09 Å². The number of fused-ring (bicyclic) bond motifs is 2. The molecule has 0 atom stereocenters. The average molecular weight is 303 g/mol. The Bertz CT molecular complexity index is 700. The number of benzene rings is 2. The number of carbonyl (C=O) groups is 1. The lowest BCUT2D eigenvalue weighted by Gasteiger charge is -2.30. The highest BCUT2D eigenvalue weighted by molar-refractivity contribution is 7.99. The molecule has 1 aliphatic heterocycles. The Morgan fingerprint density at radius 1 is 1.30 bits per heavy atom. The number of amides is 1. The molecule has 0 aliphatic carbocycles. The number of aryl methyl sites for hydroxylation is 1. The van der Waals surface area contributed by atoms with Crippen molar-refractivity contribution in [3.63, 3.8) is 0 Å². The summed E-state index contributed by atoms with van der Waals surface area (Å²) in [4.78, 5) is 15.6. The number of thiol groups is 1. The first kappa shape index (κ1) is 13.4.